The molecule has 0 amide bonds. The Bertz CT molecular complexity index is 930. The maximum atomic E-state index is 12.7. The number of benzene rings is 2. The van der Waals surface area contributed by atoms with Gasteiger partial charge in [0.25, 0.3) is 0 Å². The largest absolute Gasteiger partial charge is 0.457 e. The summed E-state index contributed by atoms with van der Waals surface area (Å²) < 4.78 is 12.2. The van der Waals surface area contributed by atoms with E-state index in [1.807, 2.05) is 50.3 Å². The zero-order chi connectivity index (χ0) is 20.3. The number of rotatable bonds is 6. The fourth-order valence-corrected chi connectivity index (χ4v) is 3.87. The molecule has 144 valence electrons. The quantitative estimate of drug-likeness (QED) is 0.422. The van der Waals surface area contributed by atoms with E-state index in [1.54, 1.807) is 24.3 Å². The average Bonchev–Trinajstić information content (AvgIpc) is 3.20. The third-order valence-corrected chi connectivity index (χ3v) is 5.49. The van der Waals surface area contributed by atoms with Gasteiger partial charge in [-0.05, 0) is 67.5 Å². The molecule has 0 radical (unpaired) electrons. The molecule has 2 aromatic carbocycles. The molecule has 0 spiro atoms. The van der Waals surface area contributed by atoms with Gasteiger partial charge in [-0.15, -0.1) is 0 Å². The van der Waals surface area contributed by atoms with Crippen LogP contribution in [0.25, 0.3) is 0 Å². The lowest BCUT2D eigenvalue weighted by Gasteiger charge is -2.13. The molecule has 1 aliphatic rings. The van der Waals surface area contributed by atoms with Crippen molar-refractivity contribution in [2.45, 2.75) is 20.0 Å². The molecule has 1 fully saturated rings. The van der Waals surface area contributed by atoms with Crippen LogP contribution in [-0.4, -0.2) is 5.97 Å². The monoisotopic (exact) mass is 503 g/mol. The maximum Gasteiger partial charge on any atom is 0.311 e. The summed E-state index contributed by atoms with van der Waals surface area (Å²) in [5.74, 6) is 0.683. The number of carbonyl (C=O) groups is 1. The maximum absolute atomic E-state index is 12.7. The van der Waals surface area contributed by atoms with Crippen molar-refractivity contribution >= 4 is 37.8 Å². The highest BCUT2D eigenvalue weighted by molar-refractivity contribution is 9.28. The third kappa shape index (κ3) is 4.65. The SMILES string of the molecule is CC1(C)C(C=C(Br)Br)[C@H]1C(=O)O[C@H](C#N)c1cccc(Oc2ccccc2)c1. The molecular weight excluding hydrogens is 486 g/mol. The Labute approximate surface area is 181 Å². The second kappa shape index (κ2) is 8.50. The number of ether oxygens (including phenoxy) is 2. The van der Waals surface area contributed by atoms with Crippen molar-refractivity contribution < 1.29 is 14.3 Å². The van der Waals surface area contributed by atoms with E-state index in [0.717, 1.165) is 3.39 Å². The van der Waals surface area contributed by atoms with Gasteiger partial charge < -0.3 is 9.47 Å². The molecule has 28 heavy (non-hydrogen) atoms. The Morgan fingerprint density at radius 3 is 2.46 bits per heavy atom. The minimum absolute atomic E-state index is 0.0563. The predicted octanol–water partition coefficient (Wildman–Crippen LogP) is 6.49. The number of para-hydroxylation sites is 1. The number of nitrogens with zero attached hydrogens (tertiary/aromatic N) is 1. The van der Waals surface area contributed by atoms with Gasteiger partial charge in [0, 0.05) is 5.56 Å². The zero-order valence-corrected chi connectivity index (χ0v) is 18.6. The number of nitriles is 1. The van der Waals surface area contributed by atoms with Crippen LogP contribution in [0.2, 0.25) is 0 Å². The minimum atomic E-state index is -0.986. The summed E-state index contributed by atoms with van der Waals surface area (Å²) in [6.45, 7) is 4.03. The minimum Gasteiger partial charge on any atom is -0.457 e. The molecule has 0 saturated heterocycles. The van der Waals surface area contributed by atoms with Crippen LogP contribution in [0.4, 0.5) is 0 Å². The topological polar surface area (TPSA) is 59.3 Å². The van der Waals surface area contributed by atoms with E-state index in [9.17, 15) is 10.1 Å². The second-order valence-electron chi connectivity index (χ2n) is 7.21. The Hall–Kier alpha value is -2.10. The summed E-state index contributed by atoms with van der Waals surface area (Å²) in [5.41, 5.74) is 0.374. The van der Waals surface area contributed by atoms with Gasteiger partial charge in [-0.2, -0.15) is 5.26 Å². The van der Waals surface area contributed by atoms with E-state index in [-0.39, 0.29) is 23.2 Å². The molecule has 4 nitrogen and oxygen atoms in total. The lowest BCUT2D eigenvalue weighted by molar-refractivity contribution is -0.149. The van der Waals surface area contributed by atoms with Gasteiger partial charge in [-0.1, -0.05) is 50.3 Å². The molecule has 0 N–H and O–H groups in total. The number of allylic oxidation sites excluding steroid dienone is 1. The fraction of sp³-hybridized carbons (Fsp3) is 0.273. The lowest BCUT2D eigenvalue weighted by Crippen LogP contribution is -2.14. The molecule has 0 bridgehead atoms. The highest BCUT2D eigenvalue weighted by Gasteiger charge is 2.61. The van der Waals surface area contributed by atoms with Gasteiger partial charge in [0.05, 0.1) is 9.31 Å². The van der Waals surface area contributed by atoms with Crippen molar-refractivity contribution in [3.05, 3.63) is 69.6 Å². The molecule has 0 aromatic heterocycles. The molecule has 2 aromatic rings. The van der Waals surface area contributed by atoms with Gasteiger partial charge >= 0.3 is 5.97 Å². The third-order valence-electron chi connectivity index (χ3n) is 4.96. The van der Waals surface area contributed by atoms with Crippen LogP contribution in [0.15, 0.2) is 64.1 Å². The van der Waals surface area contributed by atoms with E-state index in [2.05, 4.69) is 37.9 Å². The Morgan fingerprint density at radius 1 is 1.14 bits per heavy atom. The van der Waals surface area contributed by atoms with Gasteiger partial charge in [0.2, 0.25) is 6.10 Å². The van der Waals surface area contributed by atoms with Crippen molar-refractivity contribution in [3.63, 3.8) is 0 Å². The normalized spacial score (nSPS) is 20.4. The molecule has 1 unspecified atom stereocenters. The Balaban J connectivity index is 1.72. The van der Waals surface area contributed by atoms with Crippen LogP contribution in [0.5, 0.6) is 11.5 Å². The molecule has 6 heteroatoms. The summed E-state index contributed by atoms with van der Waals surface area (Å²) in [7, 11) is 0. The first-order valence-electron chi connectivity index (χ1n) is 8.78. The van der Waals surface area contributed by atoms with Crippen molar-refractivity contribution in [3.8, 4) is 17.6 Å². The summed E-state index contributed by atoms with van der Waals surface area (Å²) in [4.78, 5) is 12.7. The molecule has 1 aliphatic carbocycles. The molecule has 3 rings (SSSR count). The van der Waals surface area contributed by atoms with Crippen LogP contribution in [0.1, 0.15) is 25.5 Å². The van der Waals surface area contributed by atoms with Crippen LogP contribution in [-0.2, 0) is 9.53 Å². The number of hydrogen-bond acceptors (Lipinski definition) is 4. The fourth-order valence-electron chi connectivity index (χ4n) is 3.30. The van der Waals surface area contributed by atoms with Crippen molar-refractivity contribution in [1.29, 1.82) is 5.26 Å². The highest BCUT2D eigenvalue weighted by atomic mass is 79.9. The smallest absolute Gasteiger partial charge is 0.311 e. The van der Waals surface area contributed by atoms with Gasteiger partial charge in [-0.3, -0.25) is 4.79 Å². The Morgan fingerprint density at radius 2 is 1.82 bits per heavy atom. The number of carbonyl (C=O) groups excluding carboxylic acids is 1. The van der Waals surface area contributed by atoms with Crippen molar-refractivity contribution in [2.75, 3.05) is 0 Å². The predicted molar refractivity (Wildman–Crippen MR) is 114 cm³/mol. The van der Waals surface area contributed by atoms with Crippen LogP contribution in [0.3, 0.4) is 0 Å². The van der Waals surface area contributed by atoms with Crippen LogP contribution in [0, 0.1) is 28.6 Å². The van der Waals surface area contributed by atoms with Gasteiger partial charge in [0.15, 0.2) is 0 Å². The first-order chi connectivity index (χ1) is 13.3. The first-order valence-corrected chi connectivity index (χ1v) is 10.4. The van der Waals surface area contributed by atoms with Gasteiger partial charge in [0.1, 0.15) is 17.6 Å². The molecular formula is C22H19Br2NO3. The lowest BCUT2D eigenvalue weighted by atomic mass is 10.1. The van der Waals surface area contributed by atoms with E-state index in [4.69, 9.17) is 9.47 Å². The average molecular weight is 505 g/mol. The molecule has 0 aliphatic heterocycles. The molecule has 1 saturated carbocycles. The van der Waals surface area contributed by atoms with Crippen LogP contribution < -0.4 is 4.74 Å². The summed E-state index contributed by atoms with van der Waals surface area (Å²) in [6, 6.07) is 18.5. The Kier molecular flexibility index (Phi) is 6.26. The number of halogens is 2. The first kappa shape index (κ1) is 20.6. The van der Waals surface area contributed by atoms with E-state index in [0.29, 0.717) is 17.1 Å². The molecule has 0 heterocycles. The summed E-state index contributed by atoms with van der Waals surface area (Å²) >= 11 is 6.68. The van der Waals surface area contributed by atoms with Crippen LogP contribution >= 0.6 is 31.9 Å². The molecule has 3 atom stereocenters. The standard InChI is InChI=1S/C22H19Br2NO3/c1-22(2)17(12-19(23)24)20(22)21(26)28-18(13-25)14-7-6-10-16(11-14)27-15-8-4-3-5-9-15/h3-12,17-18,20H,1-2H3/t17?,18-,20+/m1/s1. The second-order valence-corrected chi connectivity index (χ2v) is 9.99. The zero-order valence-electron chi connectivity index (χ0n) is 15.4. The highest BCUT2D eigenvalue weighted by Crippen LogP contribution is 2.60. The van der Waals surface area contributed by atoms with Crippen molar-refractivity contribution in [2.24, 2.45) is 17.3 Å². The number of esters is 1. The van der Waals surface area contributed by atoms with Crippen molar-refractivity contribution in [1.82, 2.24) is 0 Å². The van der Waals surface area contributed by atoms with E-state index < -0.39 is 6.10 Å². The summed E-state index contributed by atoms with van der Waals surface area (Å²) in [5, 5.41) is 9.56. The van der Waals surface area contributed by atoms with E-state index >= 15 is 0 Å². The summed E-state index contributed by atoms with van der Waals surface area (Å²) in [6.07, 6.45) is 0.960. The van der Waals surface area contributed by atoms with E-state index in [1.165, 1.54) is 0 Å². The number of hydrogen-bond donors (Lipinski definition) is 0. The van der Waals surface area contributed by atoms with Gasteiger partial charge in [-0.25, -0.2) is 0 Å².